The molecule has 0 amide bonds. The van der Waals surface area contributed by atoms with E-state index in [1.807, 2.05) is 47.0 Å². The molecule has 1 aromatic rings. The summed E-state index contributed by atoms with van der Waals surface area (Å²) in [6.45, 7) is 6.34. The van der Waals surface area contributed by atoms with E-state index in [0.29, 0.717) is 0 Å². The van der Waals surface area contributed by atoms with Gasteiger partial charge in [-0.2, -0.15) is 0 Å². The van der Waals surface area contributed by atoms with Crippen LogP contribution in [0, 0.1) is 0 Å². The Morgan fingerprint density at radius 2 is 2.12 bits per heavy atom. The normalized spacial score (nSPS) is 16.2. The second kappa shape index (κ2) is 5.67. The summed E-state index contributed by atoms with van der Waals surface area (Å²) >= 11 is 0. The maximum atomic E-state index is 9.87. The first-order valence-electron chi connectivity index (χ1n) is 5.98. The molecular formula is C13H24N2O2. The van der Waals surface area contributed by atoms with Crippen LogP contribution in [-0.2, 0) is 0 Å². The fourth-order valence-corrected chi connectivity index (χ4v) is 1.56. The summed E-state index contributed by atoms with van der Waals surface area (Å²) in [5, 5.41) is 13.2. The second-order valence-electron chi connectivity index (χ2n) is 5.28. The lowest BCUT2D eigenvalue weighted by Gasteiger charge is -2.30. The molecule has 4 nitrogen and oxygen atoms in total. The van der Waals surface area contributed by atoms with Crippen LogP contribution in [0.3, 0.4) is 0 Å². The SMILES string of the molecule is CC(NCC(c1ccco1)N(C)C)C(C)(C)O. The monoisotopic (exact) mass is 240 g/mol. The predicted octanol–water partition coefficient (Wildman–Crippen LogP) is 1.63. The first-order chi connectivity index (χ1) is 7.82. The lowest BCUT2D eigenvalue weighted by atomic mass is 10.0. The molecule has 1 aromatic heterocycles. The molecule has 98 valence electrons. The number of rotatable bonds is 6. The number of furan rings is 1. The van der Waals surface area contributed by atoms with Gasteiger partial charge in [0.25, 0.3) is 0 Å². The highest BCUT2D eigenvalue weighted by atomic mass is 16.3. The molecule has 2 atom stereocenters. The van der Waals surface area contributed by atoms with Crippen molar-refractivity contribution in [1.82, 2.24) is 10.2 Å². The summed E-state index contributed by atoms with van der Waals surface area (Å²) in [7, 11) is 4.03. The Labute approximate surface area is 104 Å². The molecule has 0 aliphatic rings. The molecule has 0 spiro atoms. The van der Waals surface area contributed by atoms with Crippen molar-refractivity contribution in [1.29, 1.82) is 0 Å². The maximum absolute atomic E-state index is 9.87. The zero-order valence-electron chi connectivity index (χ0n) is 11.4. The van der Waals surface area contributed by atoms with Crippen LogP contribution in [0.1, 0.15) is 32.6 Å². The molecule has 1 rings (SSSR count). The maximum Gasteiger partial charge on any atom is 0.122 e. The molecule has 0 saturated heterocycles. The van der Waals surface area contributed by atoms with Crippen LogP contribution in [0.5, 0.6) is 0 Å². The Hall–Kier alpha value is -0.840. The minimum atomic E-state index is -0.722. The van der Waals surface area contributed by atoms with Crippen molar-refractivity contribution in [3.8, 4) is 0 Å². The Morgan fingerprint density at radius 1 is 1.47 bits per heavy atom. The van der Waals surface area contributed by atoms with Crippen molar-refractivity contribution in [2.24, 2.45) is 0 Å². The number of hydrogen-bond donors (Lipinski definition) is 2. The van der Waals surface area contributed by atoms with E-state index in [0.717, 1.165) is 12.3 Å². The quantitative estimate of drug-likeness (QED) is 0.793. The van der Waals surface area contributed by atoms with Gasteiger partial charge in [0.05, 0.1) is 17.9 Å². The zero-order valence-corrected chi connectivity index (χ0v) is 11.4. The Morgan fingerprint density at radius 3 is 2.53 bits per heavy atom. The van der Waals surface area contributed by atoms with Crippen molar-refractivity contribution in [2.75, 3.05) is 20.6 Å². The Bertz CT molecular complexity index is 315. The average molecular weight is 240 g/mol. The van der Waals surface area contributed by atoms with E-state index in [2.05, 4.69) is 10.2 Å². The van der Waals surface area contributed by atoms with Crippen molar-refractivity contribution in [3.05, 3.63) is 24.2 Å². The third kappa shape index (κ3) is 4.15. The van der Waals surface area contributed by atoms with E-state index in [1.54, 1.807) is 6.26 Å². The van der Waals surface area contributed by atoms with E-state index in [1.165, 1.54) is 0 Å². The summed E-state index contributed by atoms with van der Waals surface area (Å²) in [4.78, 5) is 2.10. The first-order valence-corrected chi connectivity index (χ1v) is 5.98. The van der Waals surface area contributed by atoms with Crippen LogP contribution in [0.2, 0.25) is 0 Å². The molecule has 4 heteroatoms. The first kappa shape index (κ1) is 14.2. The molecule has 0 aromatic carbocycles. The van der Waals surface area contributed by atoms with Crippen LogP contribution in [-0.4, -0.2) is 42.3 Å². The van der Waals surface area contributed by atoms with Crippen LogP contribution < -0.4 is 5.32 Å². The molecule has 0 radical (unpaired) electrons. The molecule has 2 N–H and O–H groups in total. The molecule has 0 saturated carbocycles. The van der Waals surface area contributed by atoms with Gasteiger partial charge in [0, 0.05) is 12.6 Å². The predicted molar refractivity (Wildman–Crippen MR) is 68.9 cm³/mol. The Balaban J connectivity index is 2.58. The lowest BCUT2D eigenvalue weighted by molar-refractivity contribution is 0.0413. The van der Waals surface area contributed by atoms with Crippen LogP contribution in [0.25, 0.3) is 0 Å². The molecule has 0 bridgehead atoms. The van der Waals surface area contributed by atoms with Gasteiger partial charge in [0.2, 0.25) is 0 Å². The van der Waals surface area contributed by atoms with Crippen LogP contribution in [0.15, 0.2) is 22.8 Å². The van der Waals surface area contributed by atoms with Gasteiger partial charge in [-0.3, -0.25) is 4.90 Å². The van der Waals surface area contributed by atoms with E-state index in [-0.39, 0.29) is 12.1 Å². The molecule has 0 aliphatic carbocycles. The van der Waals surface area contributed by atoms with E-state index < -0.39 is 5.60 Å². The van der Waals surface area contributed by atoms with Gasteiger partial charge < -0.3 is 14.8 Å². The topological polar surface area (TPSA) is 48.6 Å². The fourth-order valence-electron chi connectivity index (χ4n) is 1.56. The number of hydrogen-bond acceptors (Lipinski definition) is 4. The highest BCUT2D eigenvalue weighted by Crippen LogP contribution is 2.18. The molecule has 0 aliphatic heterocycles. The summed E-state index contributed by atoms with van der Waals surface area (Å²) in [6, 6.07) is 4.07. The zero-order chi connectivity index (χ0) is 13.1. The van der Waals surface area contributed by atoms with Gasteiger partial charge >= 0.3 is 0 Å². The minimum Gasteiger partial charge on any atom is -0.468 e. The van der Waals surface area contributed by atoms with Gasteiger partial charge in [-0.1, -0.05) is 0 Å². The highest BCUT2D eigenvalue weighted by Gasteiger charge is 2.24. The fraction of sp³-hybridized carbons (Fsp3) is 0.692. The number of likely N-dealkylation sites (N-methyl/N-ethyl adjacent to an activating group) is 1. The summed E-state index contributed by atoms with van der Waals surface area (Å²) in [5.74, 6) is 0.936. The summed E-state index contributed by atoms with van der Waals surface area (Å²) < 4.78 is 5.43. The number of aliphatic hydroxyl groups is 1. The van der Waals surface area contributed by atoms with Crippen molar-refractivity contribution < 1.29 is 9.52 Å². The van der Waals surface area contributed by atoms with Gasteiger partial charge in [0.15, 0.2) is 0 Å². The van der Waals surface area contributed by atoms with Gasteiger partial charge in [-0.05, 0) is 47.0 Å². The lowest BCUT2D eigenvalue weighted by Crippen LogP contribution is -2.47. The van der Waals surface area contributed by atoms with Crippen LogP contribution in [0.4, 0.5) is 0 Å². The molecule has 17 heavy (non-hydrogen) atoms. The molecule has 0 fully saturated rings. The molecule has 1 heterocycles. The number of nitrogens with one attached hydrogen (secondary N) is 1. The highest BCUT2D eigenvalue weighted by molar-refractivity contribution is 5.05. The Kier molecular flexibility index (Phi) is 4.74. The van der Waals surface area contributed by atoms with Crippen molar-refractivity contribution >= 4 is 0 Å². The van der Waals surface area contributed by atoms with Gasteiger partial charge in [0.1, 0.15) is 5.76 Å². The van der Waals surface area contributed by atoms with Crippen LogP contribution >= 0.6 is 0 Å². The summed E-state index contributed by atoms with van der Waals surface area (Å²) in [5.41, 5.74) is -0.722. The molecular weight excluding hydrogens is 216 g/mol. The summed E-state index contributed by atoms with van der Waals surface area (Å²) in [6.07, 6.45) is 1.69. The van der Waals surface area contributed by atoms with Crippen molar-refractivity contribution in [3.63, 3.8) is 0 Å². The third-order valence-electron chi connectivity index (χ3n) is 3.17. The minimum absolute atomic E-state index is 0.0277. The third-order valence-corrected chi connectivity index (χ3v) is 3.17. The standard InChI is InChI=1S/C13H24N2O2/c1-10(13(2,3)16)14-9-11(15(4)5)12-7-6-8-17-12/h6-8,10-11,14,16H,9H2,1-5H3. The van der Waals surface area contributed by atoms with Crippen molar-refractivity contribution in [2.45, 2.75) is 38.5 Å². The smallest absolute Gasteiger partial charge is 0.122 e. The van der Waals surface area contributed by atoms with Gasteiger partial charge in [-0.15, -0.1) is 0 Å². The largest absolute Gasteiger partial charge is 0.468 e. The second-order valence-corrected chi connectivity index (χ2v) is 5.28. The number of nitrogens with zero attached hydrogens (tertiary/aromatic N) is 1. The van der Waals surface area contributed by atoms with Gasteiger partial charge in [-0.25, -0.2) is 0 Å². The molecule has 2 unspecified atom stereocenters. The van der Waals surface area contributed by atoms with E-state index in [4.69, 9.17) is 4.42 Å². The average Bonchev–Trinajstić information content (AvgIpc) is 2.69. The van der Waals surface area contributed by atoms with E-state index >= 15 is 0 Å². The van der Waals surface area contributed by atoms with E-state index in [9.17, 15) is 5.11 Å².